The lowest BCUT2D eigenvalue weighted by Crippen LogP contribution is -2.37. The molecule has 0 unspecified atom stereocenters. The third kappa shape index (κ3) is 4.04. The summed E-state index contributed by atoms with van der Waals surface area (Å²) in [6.45, 7) is 4.54. The van der Waals surface area contributed by atoms with Crippen LogP contribution < -0.4 is 0 Å². The zero-order valence-corrected chi connectivity index (χ0v) is 18.1. The van der Waals surface area contributed by atoms with Crippen LogP contribution in [0.25, 0.3) is 5.65 Å². The van der Waals surface area contributed by atoms with Crippen LogP contribution in [-0.4, -0.2) is 42.1 Å². The fraction of sp³-hybridized carbons (Fsp3) is 0.522. The Hall–Kier alpha value is -2.87. The zero-order chi connectivity index (χ0) is 21.4. The summed E-state index contributed by atoms with van der Waals surface area (Å²) in [4.78, 5) is 32.1. The highest BCUT2D eigenvalue weighted by Gasteiger charge is 2.38. The van der Waals surface area contributed by atoms with Gasteiger partial charge in [0, 0.05) is 24.7 Å². The molecule has 1 amide bonds. The number of aryl methyl sites for hydroxylation is 2. The summed E-state index contributed by atoms with van der Waals surface area (Å²) in [7, 11) is 0. The van der Waals surface area contributed by atoms with Crippen LogP contribution in [0.15, 0.2) is 31.0 Å². The summed E-state index contributed by atoms with van der Waals surface area (Å²) < 4.78 is 1.86. The van der Waals surface area contributed by atoms with Crippen molar-refractivity contribution in [3.8, 4) is 0 Å². The van der Waals surface area contributed by atoms with Crippen LogP contribution >= 0.6 is 0 Å². The molecule has 0 spiro atoms. The van der Waals surface area contributed by atoms with E-state index in [9.17, 15) is 4.79 Å². The molecule has 31 heavy (non-hydrogen) atoms. The molecule has 0 radical (unpaired) electrons. The van der Waals surface area contributed by atoms with Gasteiger partial charge in [-0.2, -0.15) is 5.10 Å². The summed E-state index contributed by atoms with van der Waals surface area (Å²) >= 11 is 0. The van der Waals surface area contributed by atoms with E-state index in [-0.39, 0.29) is 17.9 Å². The lowest BCUT2D eigenvalue weighted by atomic mass is 9.79. The Balaban J connectivity index is 1.20. The van der Waals surface area contributed by atoms with Gasteiger partial charge in [0.25, 0.3) is 0 Å². The van der Waals surface area contributed by atoms with Crippen LogP contribution in [-0.2, 0) is 16.1 Å². The summed E-state index contributed by atoms with van der Waals surface area (Å²) in [5.74, 6) is 0.709. The Kier molecular flexibility index (Phi) is 5.40. The first-order valence-corrected chi connectivity index (χ1v) is 11.1. The molecule has 8 heteroatoms. The van der Waals surface area contributed by atoms with Gasteiger partial charge in [0.15, 0.2) is 5.65 Å². The van der Waals surface area contributed by atoms with Crippen LogP contribution in [0.2, 0.25) is 0 Å². The van der Waals surface area contributed by atoms with Crippen molar-refractivity contribution in [1.82, 2.24) is 29.6 Å². The first kappa shape index (κ1) is 20.1. The normalized spacial score (nSPS) is 24.1. The highest BCUT2D eigenvalue weighted by atomic mass is 16.7. The van der Waals surface area contributed by atoms with E-state index in [0.29, 0.717) is 12.5 Å². The summed E-state index contributed by atoms with van der Waals surface area (Å²) in [5.41, 5.74) is 5.03. The standard InChI is InChI=1S/C23H28N6O2/c1-15-9-18(13-28-22(15)26-14-27-28)10-17-3-5-19(6-4-17)23(30)29-21(7-8-31-29)20-12-24-16(2)11-25-20/h9,11-14,17,19,21H,3-8,10H2,1-2H3/t17?,19?,21-/m0/s1. The predicted octanol–water partition coefficient (Wildman–Crippen LogP) is 3.39. The van der Waals surface area contributed by atoms with Gasteiger partial charge < -0.3 is 0 Å². The molecular weight excluding hydrogens is 392 g/mol. The maximum Gasteiger partial charge on any atom is 0.249 e. The van der Waals surface area contributed by atoms with Crippen LogP contribution in [0.1, 0.15) is 60.7 Å². The Morgan fingerprint density at radius 1 is 1.10 bits per heavy atom. The third-order valence-corrected chi connectivity index (χ3v) is 6.60. The molecule has 3 aromatic rings. The molecule has 1 saturated heterocycles. The maximum absolute atomic E-state index is 13.2. The number of pyridine rings is 1. The van der Waals surface area contributed by atoms with E-state index in [1.54, 1.807) is 23.8 Å². The monoisotopic (exact) mass is 420 g/mol. The number of hydrogen-bond acceptors (Lipinski definition) is 6. The molecule has 2 aliphatic rings. The second-order valence-electron chi connectivity index (χ2n) is 8.87. The van der Waals surface area contributed by atoms with Crippen LogP contribution in [0.5, 0.6) is 0 Å². The van der Waals surface area contributed by atoms with Crippen LogP contribution in [0.3, 0.4) is 0 Å². The lowest BCUT2D eigenvalue weighted by molar-refractivity contribution is -0.183. The van der Waals surface area contributed by atoms with Crippen molar-refractivity contribution in [3.05, 3.63) is 53.5 Å². The Morgan fingerprint density at radius 2 is 1.94 bits per heavy atom. The topological polar surface area (TPSA) is 85.5 Å². The second kappa shape index (κ2) is 8.34. The van der Waals surface area contributed by atoms with Crippen molar-refractivity contribution < 1.29 is 9.63 Å². The van der Waals surface area contributed by atoms with Crippen molar-refractivity contribution in [2.45, 2.75) is 58.4 Å². The minimum atomic E-state index is -0.129. The summed E-state index contributed by atoms with van der Waals surface area (Å²) in [6, 6.07) is 2.09. The van der Waals surface area contributed by atoms with E-state index in [0.717, 1.165) is 61.1 Å². The minimum absolute atomic E-state index is 0.0230. The van der Waals surface area contributed by atoms with E-state index in [2.05, 4.69) is 39.2 Å². The van der Waals surface area contributed by atoms with E-state index >= 15 is 0 Å². The highest BCUT2D eigenvalue weighted by Crippen LogP contribution is 2.36. The maximum atomic E-state index is 13.2. The molecule has 1 saturated carbocycles. The fourth-order valence-electron chi connectivity index (χ4n) is 4.93. The van der Waals surface area contributed by atoms with Gasteiger partial charge in [0.1, 0.15) is 12.4 Å². The molecule has 1 aliphatic heterocycles. The quantitative estimate of drug-likeness (QED) is 0.643. The van der Waals surface area contributed by atoms with Gasteiger partial charge in [-0.15, -0.1) is 0 Å². The highest BCUT2D eigenvalue weighted by molar-refractivity contribution is 5.78. The van der Waals surface area contributed by atoms with Crippen molar-refractivity contribution in [1.29, 1.82) is 0 Å². The number of nitrogens with zero attached hydrogens (tertiary/aromatic N) is 6. The largest absolute Gasteiger partial charge is 0.272 e. The van der Waals surface area contributed by atoms with Crippen molar-refractivity contribution in [2.24, 2.45) is 11.8 Å². The van der Waals surface area contributed by atoms with Crippen molar-refractivity contribution in [2.75, 3.05) is 6.61 Å². The first-order chi connectivity index (χ1) is 15.1. The average molecular weight is 421 g/mol. The molecule has 1 atom stereocenters. The van der Waals surface area contributed by atoms with Gasteiger partial charge in [-0.3, -0.25) is 19.6 Å². The number of rotatable bonds is 4. The third-order valence-electron chi connectivity index (χ3n) is 6.60. The molecular formula is C23H28N6O2. The number of fused-ring (bicyclic) bond motifs is 1. The Labute approximate surface area is 181 Å². The van der Waals surface area contributed by atoms with Crippen LogP contribution in [0.4, 0.5) is 0 Å². The zero-order valence-electron chi connectivity index (χ0n) is 18.1. The van der Waals surface area contributed by atoms with Gasteiger partial charge in [-0.1, -0.05) is 6.07 Å². The molecule has 8 nitrogen and oxygen atoms in total. The van der Waals surface area contributed by atoms with E-state index in [1.165, 1.54) is 5.56 Å². The molecule has 2 fully saturated rings. The lowest BCUT2D eigenvalue weighted by Gasteiger charge is -2.31. The van der Waals surface area contributed by atoms with Crippen molar-refractivity contribution in [3.63, 3.8) is 0 Å². The fourth-order valence-corrected chi connectivity index (χ4v) is 4.93. The number of hydrogen-bond donors (Lipinski definition) is 0. The van der Waals surface area contributed by atoms with E-state index in [1.807, 2.05) is 11.4 Å². The molecule has 5 rings (SSSR count). The molecule has 4 heterocycles. The second-order valence-corrected chi connectivity index (χ2v) is 8.87. The molecule has 162 valence electrons. The Morgan fingerprint density at radius 3 is 2.71 bits per heavy atom. The van der Waals surface area contributed by atoms with Crippen LogP contribution in [0, 0.1) is 25.7 Å². The molecule has 1 aliphatic carbocycles. The molecule has 0 bridgehead atoms. The van der Waals surface area contributed by atoms with Gasteiger partial charge in [0.2, 0.25) is 5.91 Å². The number of aromatic nitrogens is 5. The summed E-state index contributed by atoms with van der Waals surface area (Å²) in [5, 5.41) is 5.86. The molecule has 0 N–H and O–H groups in total. The van der Waals surface area contributed by atoms with Crippen molar-refractivity contribution >= 4 is 11.6 Å². The van der Waals surface area contributed by atoms with Gasteiger partial charge >= 0.3 is 0 Å². The molecule has 3 aromatic heterocycles. The number of amides is 1. The predicted molar refractivity (Wildman–Crippen MR) is 114 cm³/mol. The SMILES string of the molecule is Cc1cnc([C@@H]2CCON2C(=O)C2CCC(Cc3cc(C)c4ncnn4c3)CC2)cn1. The van der Waals surface area contributed by atoms with E-state index < -0.39 is 0 Å². The number of hydroxylamine groups is 2. The van der Waals surface area contributed by atoms with Gasteiger partial charge in [-0.05, 0) is 63.0 Å². The number of carbonyl (C=O) groups excluding carboxylic acids is 1. The minimum Gasteiger partial charge on any atom is -0.272 e. The first-order valence-electron chi connectivity index (χ1n) is 11.1. The Bertz CT molecular complexity index is 1070. The molecule has 0 aromatic carbocycles. The van der Waals surface area contributed by atoms with Gasteiger partial charge in [0.05, 0.1) is 24.2 Å². The summed E-state index contributed by atoms with van der Waals surface area (Å²) in [6.07, 6.45) is 12.9. The van der Waals surface area contributed by atoms with Gasteiger partial charge in [-0.25, -0.2) is 14.6 Å². The smallest absolute Gasteiger partial charge is 0.249 e. The van der Waals surface area contributed by atoms with E-state index in [4.69, 9.17) is 4.84 Å². The average Bonchev–Trinajstić information content (AvgIpc) is 3.44. The number of carbonyl (C=O) groups is 1.